The lowest BCUT2D eigenvalue weighted by Gasteiger charge is -2.01. The monoisotopic (exact) mass is 176 g/mol. The van der Waals surface area contributed by atoms with Gasteiger partial charge in [-0.1, -0.05) is 24.3 Å². The molecule has 0 aliphatic rings. The number of phenolic OH excluding ortho intramolecular Hbond substituents is 1. The molecule has 0 aliphatic carbocycles. The van der Waals surface area contributed by atoms with Crippen LogP contribution in [0.2, 0.25) is 0 Å². The molecule has 0 saturated carbocycles. The molecule has 0 saturated heterocycles. The summed E-state index contributed by atoms with van der Waals surface area (Å²) in [6.45, 7) is 3.48. The molecule has 13 heavy (non-hydrogen) atoms. The molecule has 1 aromatic carbocycles. The van der Waals surface area contributed by atoms with Crippen molar-refractivity contribution in [1.29, 1.82) is 0 Å². The minimum atomic E-state index is 0.0662. The van der Waals surface area contributed by atoms with Crippen molar-refractivity contribution in [2.45, 2.75) is 12.8 Å². The number of ketones is 1. The number of para-hydroxylation sites is 1. The Bertz CT molecular complexity index is 316. The zero-order valence-electron chi connectivity index (χ0n) is 7.36. The maximum absolute atomic E-state index is 11.2. The summed E-state index contributed by atoms with van der Waals surface area (Å²) in [4.78, 5) is 11.2. The van der Waals surface area contributed by atoms with Gasteiger partial charge in [-0.25, -0.2) is 0 Å². The molecule has 2 heteroatoms. The van der Waals surface area contributed by atoms with Gasteiger partial charge in [-0.2, -0.15) is 0 Å². The van der Waals surface area contributed by atoms with Crippen molar-refractivity contribution in [3.63, 3.8) is 0 Å². The predicted octanol–water partition coefficient (Wildman–Crippen LogP) is 2.08. The molecule has 68 valence electrons. The van der Waals surface area contributed by atoms with Crippen LogP contribution < -0.4 is 0 Å². The van der Waals surface area contributed by atoms with Gasteiger partial charge in [0.2, 0.25) is 0 Å². The summed E-state index contributed by atoms with van der Waals surface area (Å²) >= 11 is 0. The third-order valence-corrected chi connectivity index (χ3v) is 1.75. The van der Waals surface area contributed by atoms with Crippen LogP contribution in [0, 0.1) is 0 Å². The molecule has 0 bridgehead atoms. The number of Topliss-reactive ketones (excluding diaryl/α,β-unsaturated/α-hetero) is 1. The molecule has 0 unspecified atom stereocenters. The van der Waals surface area contributed by atoms with E-state index < -0.39 is 0 Å². The number of phenols is 1. The molecule has 0 fully saturated rings. The molecule has 0 amide bonds. The number of allylic oxidation sites excluding steroid dienone is 1. The van der Waals surface area contributed by atoms with Gasteiger partial charge in [0, 0.05) is 18.4 Å². The van der Waals surface area contributed by atoms with Crippen LogP contribution in [0.1, 0.15) is 12.0 Å². The second-order valence-electron chi connectivity index (χ2n) is 2.84. The van der Waals surface area contributed by atoms with Crippen molar-refractivity contribution in [2.24, 2.45) is 0 Å². The van der Waals surface area contributed by atoms with Gasteiger partial charge in [0.1, 0.15) is 11.5 Å². The first-order chi connectivity index (χ1) is 6.24. The maximum atomic E-state index is 11.2. The molecule has 1 N–H and O–H groups in total. The van der Waals surface area contributed by atoms with Gasteiger partial charge in [0.15, 0.2) is 0 Å². The summed E-state index contributed by atoms with van der Waals surface area (Å²) in [6.07, 6.45) is 2.20. The fraction of sp³-hybridized carbons (Fsp3) is 0.182. The number of carbonyl (C=O) groups excluding carboxylic acids is 1. The fourth-order valence-electron chi connectivity index (χ4n) is 1.11. The SMILES string of the molecule is C=CCC(=O)Cc1ccccc1O. The van der Waals surface area contributed by atoms with E-state index in [0.29, 0.717) is 12.0 Å². The standard InChI is InChI=1S/C11H12O2/c1-2-5-10(12)8-9-6-3-4-7-11(9)13/h2-4,6-7,13H,1,5,8H2. The van der Waals surface area contributed by atoms with Gasteiger partial charge in [-0.15, -0.1) is 6.58 Å². The molecule has 0 aromatic heterocycles. The Morgan fingerprint density at radius 3 is 2.77 bits per heavy atom. The van der Waals surface area contributed by atoms with Gasteiger partial charge >= 0.3 is 0 Å². The molecule has 1 rings (SSSR count). The summed E-state index contributed by atoms with van der Waals surface area (Å²) in [5.41, 5.74) is 0.675. The smallest absolute Gasteiger partial charge is 0.141 e. The first-order valence-corrected chi connectivity index (χ1v) is 4.13. The van der Waals surface area contributed by atoms with E-state index in [0.717, 1.165) is 0 Å². The first-order valence-electron chi connectivity index (χ1n) is 4.13. The third kappa shape index (κ3) is 2.75. The van der Waals surface area contributed by atoms with Crippen LogP contribution in [0.4, 0.5) is 0 Å². The Labute approximate surface area is 77.5 Å². The van der Waals surface area contributed by atoms with E-state index in [-0.39, 0.29) is 18.0 Å². The van der Waals surface area contributed by atoms with Crippen LogP contribution in [0.25, 0.3) is 0 Å². The molecule has 0 atom stereocenters. The Morgan fingerprint density at radius 1 is 1.46 bits per heavy atom. The number of hydrogen-bond acceptors (Lipinski definition) is 2. The number of hydrogen-bond donors (Lipinski definition) is 1. The Morgan fingerprint density at radius 2 is 2.15 bits per heavy atom. The van der Waals surface area contributed by atoms with Crippen molar-refractivity contribution >= 4 is 5.78 Å². The van der Waals surface area contributed by atoms with Crippen molar-refractivity contribution in [3.8, 4) is 5.75 Å². The summed E-state index contributed by atoms with van der Waals surface area (Å²) in [5.74, 6) is 0.247. The zero-order chi connectivity index (χ0) is 9.68. The van der Waals surface area contributed by atoms with Gasteiger partial charge < -0.3 is 5.11 Å². The fourth-order valence-corrected chi connectivity index (χ4v) is 1.11. The third-order valence-electron chi connectivity index (χ3n) is 1.75. The van der Waals surface area contributed by atoms with E-state index >= 15 is 0 Å². The second-order valence-corrected chi connectivity index (χ2v) is 2.84. The zero-order valence-corrected chi connectivity index (χ0v) is 7.36. The summed E-state index contributed by atoms with van der Waals surface area (Å²) in [5, 5.41) is 9.35. The quantitative estimate of drug-likeness (QED) is 0.713. The lowest BCUT2D eigenvalue weighted by molar-refractivity contribution is -0.117. The van der Waals surface area contributed by atoms with E-state index in [1.165, 1.54) is 0 Å². The highest BCUT2D eigenvalue weighted by Gasteiger charge is 2.04. The molecular weight excluding hydrogens is 164 g/mol. The Hall–Kier alpha value is -1.57. The average molecular weight is 176 g/mol. The van der Waals surface area contributed by atoms with E-state index in [4.69, 9.17) is 0 Å². The highest BCUT2D eigenvalue weighted by Crippen LogP contribution is 2.16. The maximum Gasteiger partial charge on any atom is 0.141 e. The van der Waals surface area contributed by atoms with Crippen LogP contribution in [0.5, 0.6) is 5.75 Å². The van der Waals surface area contributed by atoms with Gasteiger partial charge in [0.05, 0.1) is 0 Å². The average Bonchev–Trinajstić information content (AvgIpc) is 2.09. The predicted molar refractivity (Wildman–Crippen MR) is 51.6 cm³/mol. The summed E-state index contributed by atoms with van der Waals surface area (Å²) < 4.78 is 0. The van der Waals surface area contributed by atoms with E-state index in [1.54, 1.807) is 30.3 Å². The number of rotatable bonds is 4. The van der Waals surface area contributed by atoms with Crippen LogP contribution in [-0.2, 0) is 11.2 Å². The highest BCUT2D eigenvalue weighted by atomic mass is 16.3. The molecule has 0 spiro atoms. The highest BCUT2D eigenvalue weighted by molar-refractivity contribution is 5.82. The van der Waals surface area contributed by atoms with Crippen LogP contribution in [0.3, 0.4) is 0 Å². The molecule has 0 radical (unpaired) electrons. The second kappa shape index (κ2) is 4.45. The van der Waals surface area contributed by atoms with Crippen molar-refractivity contribution in [1.82, 2.24) is 0 Å². The molecule has 0 heterocycles. The van der Waals surface area contributed by atoms with E-state index in [1.807, 2.05) is 0 Å². The lowest BCUT2D eigenvalue weighted by Crippen LogP contribution is -2.00. The molecule has 2 nitrogen and oxygen atoms in total. The van der Waals surface area contributed by atoms with E-state index in [2.05, 4.69) is 6.58 Å². The van der Waals surface area contributed by atoms with Crippen molar-refractivity contribution in [3.05, 3.63) is 42.5 Å². The van der Waals surface area contributed by atoms with E-state index in [9.17, 15) is 9.90 Å². The largest absolute Gasteiger partial charge is 0.508 e. The number of aromatic hydroxyl groups is 1. The van der Waals surface area contributed by atoms with Crippen LogP contribution in [0.15, 0.2) is 36.9 Å². The van der Waals surface area contributed by atoms with Crippen LogP contribution >= 0.6 is 0 Å². The van der Waals surface area contributed by atoms with Gasteiger partial charge in [0.25, 0.3) is 0 Å². The number of benzene rings is 1. The molecule has 1 aromatic rings. The number of carbonyl (C=O) groups is 1. The van der Waals surface area contributed by atoms with Gasteiger partial charge in [-0.3, -0.25) is 4.79 Å². The van der Waals surface area contributed by atoms with Crippen molar-refractivity contribution < 1.29 is 9.90 Å². The van der Waals surface area contributed by atoms with Crippen molar-refractivity contribution in [2.75, 3.05) is 0 Å². The molecular formula is C11H12O2. The summed E-state index contributed by atoms with van der Waals surface area (Å²) in [7, 11) is 0. The Kier molecular flexibility index (Phi) is 3.26. The normalized spacial score (nSPS) is 9.54. The topological polar surface area (TPSA) is 37.3 Å². The minimum absolute atomic E-state index is 0.0662. The molecule has 0 aliphatic heterocycles. The lowest BCUT2D eigenvalue weighted by atomic mass is 10.1. The van der Waals surface area contributed by atoms with Crippen LogP contribution in [-0.4, -0.2) is 10.9 Å². The minimum Gasteiger partial charge on any atom is -0.508 e. The first kappa shape index (κ1) is 9.52. The summed E-state index contributed by atoms with van der Waals surface area (Å²) in [6, 6.07) is 6.86. The van der Waals surface area contributed by atoms with Gasteiger partial charge in [-0.05, 0) is 6.07 Å². The Balaban J connectivity index is 2.68.